The number of nitrogens with one attached hydrogen (secondary N) is 1. The molecular formula is C51H63N2P. The van der Waals surface area contributed by atoms with E-state index in [1.54, 1.807) is 16.4 Å². The van der Waals surface area contributed by atoms with E-state index in [1.807, 2.05) is 12.3 Å². The number of aryl methyl sites for hydroxylation is 2. The number of aromatic nitrogens is 1. The molecule has 1 N–H and O–H groups in total. The smallest absolute Gasteiger partial charge is 0.0594 e. The molecule has 1 heterocycles. The first-order chi connectivity index (χ1) is 25.3. The van der Waals surface area contributed by atoms with Crippen molar-refractivity contribution in [3.63, 3.8) is 0 Å². The van der Waals surface area contributed by atoms with Crippen LogP contribution in [0, 0.1) is 0 Å². The van der Waals surface area contributed by atoms with E-state index in [-0.39, 0.29) is 27.1 Å². The number of pyridine rings is 1. The molecule has 0 saturated carbocycles. The van der Waals surface area contributed by atoms with Gasteiger partial charge in [0, 0.05) is 17.3 Å². The zero-order valence-electron chi connectivity index (χ0n) is 35.2. The fourth-order valence-corrected chi connectivity index (χ4v) is 11.6. The summed E-state index contributed by atoms with van der Waals surface area (Å²) in [7, 11) is -0.918. The fourth-order valence-electron chi connectivity index (χ4n) is 8.83. The summed E-state index contributed by atoms with van der Waals surface area (Å²) in [4.78, 5) is 4.65. The van der Waals surface area contributed by atoms with Crippen LogP contribution >= 0.6 is 7.92 Å². The highest BCUT2D eigenvalue weighted by Gasteiger charge is 2.48. The number of hydrogen-bond donors (Lipinski definition) is 1. The van der Waals surface area contributed by atoms with Crippen LogP contribution < -0.4 is 21.2 Å². The lowest BCUT2D eigenvalue weighted by Crippen LogP contribution is -2.33. The van der Waals surface area contributed by atoms with E-state index in [4.69, 9.17) is 0 Å². The maximum atomic E-state index is 4.65. The second kappa shape index (κ2) is 13.8. The Morgan fingerprint density at radius 2 is 1.04 bits per heavy atom. The van der Waals surface area contributed by atoms with Crippen molar-refractivity contribution in [1.29, 1.82) is 0 Å². The highest BCUT2D eigenvalue weighted by atomic mass is 31.1. The Hall–Kier alpha value is -3.74. The largest absolute Gasteiger partial charge is 0.379 e. The molecule has 54 heavy (non-hydrogen) atoms. The van der Waals surface area contributed by atoms with E-state index >= 15 is 0 Å². The molecule has 4 aromatic carbocycles. The Balaban J connectivity index is 1.51. The second-order valence-electron chi connectivity index (χ2n) is 20.3. The number of hydrogen-bond acceptors (Lipinski definition) is 2. The van der Waals surface area contributed by atoms with E-state index in [1.165, 1.54) is 49.7 Å². The van der Waals surface area contributed by atoms with E-state index in [2.05, 4.69) is 178 Å². The first kappa shape index (κ1) is 38.5. The molecule has 0 fully saturated rings. The van der Waals surface area contributed by atoms with Crippen LogP contribution in [0.15, 0.2) is 97.2 Å². The third-order valence-electron chi connectivity index (χ3n) is 12.1. The first-order valence-electron chi connectivity index (χ1n) is 20.3. The van der Waals surface area contributed by atoms with Gasteiger partial charge in [-0.3, -0.25) is 4.98 Å². The molecule has 1 atom stereocenters. The number of fused-ring (bicyclic) bond motifs is 4. The summed E-state index contributed by atoms with van der Waals surface area (Å²) in [5, 5.41) is 8.39. The van der Waals surface area contributed by atoms with Gasteiger partial charge >= 0.3 is 0 Å². The standard InChI is InChI=1S/C51H63N2P/c1-47(2,3)36-27-37(48(4,5)6)30-41(29-36)54(42-31-38(49(7,8)9)28-39(32-42)50(10,11)12)44-21-16-18-35-23-25-51(46(35)44)24-22-34-17-15-20-43(45(34)51)53-33-40-19-13-14-26-52-40/h13-21,26-32,53H,22-25,33H2,1-12H3/t51-/m1/s1. The Kier molecular flexibility index (Phi) is 9.83. The third-order valence-corrected chi connectivity index (χ3v) is 14.5. The summed E-state index contributed by atoms with van der Waals surface area (Å²) in [5.41, 5.74) is 14.3. The van der Waals surface area contributed by atoms with E-state index in [0.717, 1.165) is 37.9 Å². The van der Waals surface area contributed by atoms with Crippen molar-refractivity contribution in [2.45, 2.75) is 142 Å². The number of anilines is 1. The van der Waals surface area contributed by atoms with Crippen molar-refractivity contribution in [2.24, 2.45) is 0 Å². The molecule has 0 bridgehead atoms. The molecule has 2 nitrogen and oxygen atoms in total. The van der Waals surface area contributed by atoms with Crippen LogP contribution in [-0.4, -0.2) is 4.98 Å². The van der Waals surface area contributed by atoms with Crippen molar-refractivity contribution in [3.8, 4) is 0 Å². The van der Waals surface area contributed by atoms with Crippen LogP contribution in [0.4, 0.5) is 5.69 Å². The molecule has 0 unspecified atom stereocenters. The lowest BCUT2D eigenvalue weighted by Gasteiger charge is -2.35. The highest BCUT2D eigenvalue weighted by molar-refractivity contribution is 7.80. The molecule has 1 aromatic heterocycles. The molecule has 0 saturated heterocycles. The van der Waals surface area contributed by atoms with Crippen molar-refractivity contribution < 1.29 is 0 Å². The summed E-state index contributed by atoms with van der Waals surface area (Å²) in [6, 6.07) is 35.9. The first-order valence-corrected chi connectivity index (χ1v) is 21.6. The predicted octanol–water partition coefficient (Wildman–Crippen LogP) is 11.8. The van der Waals surface area contributed by atoms with Crippen molar-refractivity contribution >= 4 is 29.5 Å². The van der Waals surface area contributed by atoms with Crippen LogP contribution in [0.1, 0.15) is 146 Å². The SMILES string of the molecule is CC(C)(C)c1cc(P(c2cc(C(C)(C)C)cc(C(C)(C)C)c2)c2cccc3c2[C@]2(CCc4cccc(NCc5ccccn5)c42)CC3)cc(C(C)(C)C)c1. The summed E-state index contributed by atoms with van der Waals surface area (Å²) in [5.74, 6) is 0. The minimum Gasteiger partial charge on any atom is -0.379 e. The van der Waals surface area contributed by atoms with Gasteiger partial charge in [0.15, 0.2) is 0 Å². The lowest BCUT2D eigenvalue weighted by atomic mass is 9.76. The molecule has 7 rings (SSSR count). The van der Waals surface area contributed by atoms with Gasteiger partial charge in [-0.1, -0.05) is 156 Å². The van der Waals surface area contributed by atoms with Crippen LogP contribution in [0.5, 0.6) is 0 Å². The summed E-state index contributed by atoms with van der Waals surface area (Å²) in [6.45, 7) is 29.3. The van der Waals surface area contributed by atoms with E-state index in [9.17, 15) is 0 Å². The van der Waals surface area contributed by atoms with Gasteiger partial charge in [0.05, 0.1) is 12.2 Å². The number of nitrogens with zero attached hydrogens (tertiary/aromatic N) is 1. The normalized spacial score (nSPS) is 17.3. The quantitative estimate of drug-likeness (QED) is 0.176. The maximum absolute atomic E-state index is 4.65. The van der Waals surface area contributed by atoms with Crippen LogP contribution in [0.3, 0.4) is 0 Å². The molecule has 2 aliphatic rings. The van der Waals surface area contributed by atoms with Gasteiger partial charge in [-0.15, -0.1) is 0 Å². The molecule has 0 aliphatic heterocycles. The zero-order chi connectivity index (χ0) is 38.8. The minimum atomic E-state index is -0.918. The number of benzene rings is 4. The van der Waals surface area contributed by atoms with Gasteiger partial charge in [-0.05, 0) is 134 Å². The zero-order valence-corrected chi connectivity index (χ0v) is 36.1. The average molecular weight is 735 g/mol. The summed E-state index contributed by atoms with van der Waals surface area (Å²) < 4.78 is 0. The second-order valence-corrected chi connectivity index (χ2v) is 22.5. The monoisotopic (exact) mass is 734 g/mol. The third kappa shape index (κ3) is 7.33. The molecule has 1 spiro atoms. The maximum Gasteiger partial charge on any atom is 0.0594 e. The van der Waals surface area contributed by atoms with E-state index < -0.39 is 7.92 Å². The van der Waals surface area contributed by atoms with Crippen molar-refractivity contribution in [1.82, 2.24) is 4.98 Å². The van der Waals surface area contributed by atoms with Crippen LogP contribution in [0.2, 0.25) is 0 Å². The predicted molar refractivity (Wildman–Crippen MR) is 235 cm³/mol. The molecule has 3 heteroatoms. The van der Waals surface area contributed by atoms with Gasteiger partial charge in [0.25, 0.3) is 0 Å². The van der Waals surface area contributed by atoms with Crippen molar-refractivity contribution in [2.75, 3.05) is 5.32 Å². The van der Waals surface area contributed by atoms with E-state index in [0.29, 0.717) is 0 Å². The van der Waals surface area contributed by atoms with Gasteiger partial charge in [-0.2, -0.15) is 0 Å². The Morgan fingerprint density at radius 1 is 0.556 bits per heavy atom. The minimum absolute atomic E-state index is 0.0271. The molecule has 282 valence electrons. The molecule has 5 aromatic rings. The highest BCUT2D eigenvalue weighted by Crippen LogP contribution is 2.56. The molecular weight excluding hydrogens is 672 g/mol. The average Bonchev–Trinajstić information content (AvgIpc) is 3.68. The van der Waals surface area contributed by atoms with Gasteiger partial charge in [0.1, 0.15) is 0 Å². The Morgan fingerprint density at radius 3 is 1.50 bits per heavy atom. The lowest BCUT2D eigenvalue weighted by molar-refractivity contribution is 0.510. The molecule has 0 amide bonds. The van der Waals surface area contributed by atoms with Crippen LogP contribution in [-0.2, 0) is 46.5 Å². The van der Waals surface area contributed by atoms with Crippen LogP contribution in [0.25, 0.3) is 0 Å². The Labute approximate surface area is 328 Å². The fraction of sp³-hybridized carbons (Fsp3) is 0.431. The van der Waals surface area contributed by atoms with Gasteiger partial charge < -0.3 is 5.32 Å². The van der Waals surface area contributed by atoms with Gasteiger partial charge in [0.2, 0.25) is 0 Å². The van der Waals surface area contributed by atoms with Gasteiger partial charge in [-0.25, -0.2) is 0 Å². The Bertz CT molecular complexity index is 2020. The number of rotatable bonds is 6. The summed E-state index contributed by atoms with van der Waals surface area (Å²) >= 11 is 0. The van der Waals surface area contributed by atoms with Crippen molar-refractivity contribution in [3.05, 3.63) is 147 Å². The molecule has 2 aliphatic carbocycles. The summed E-state index contributed by atoms with van der Waals surface area (Å²) in [6.07, 6.45) is 6.44. The molecule has 0 radical (unpaired) electrons. The topological polar surface area (TPSA) is 24.9 Å².